The number of carbonyl (C=O) groups is 1. The molecule has 5 nitrogen and oxygen atoms in total. The molecule has 1 amide bonds. The highest BCUT2D eigenvalue weighted by Crippen LogP contribution is 2.23. The molecule has 3 rings (SSSR count). The number of H-pyrrole nitrogens is 1. The van der Waals surface area contributed by atoms with Crippen molar-refractivity contribution in [1.82, 2.24) is 9.97 Å². The molecular weight excluding hydrogens is 325 g/mol. The number of hydrogen-bond acceptors (Lipinski definition) is 3. The van der Waals surface area contributed by atoms with Crippen molar-refractivity contribution < 1.29 is 4.79 Å². The molecule has 0 aliphatic heterocycles. The van der Waals surface area contributed by atoms with E-state index in [-0.39, 0.29) is 16.1 Å². The molecule has 110 valence electrons. The maximum absolute atomic E-state index is 12.3. The molecule has 0 unspecified atom stereocenters. The van der Waals surface area contributed by atoms with Gasteiger partial charge in [-0.3, -0.25) is 9.59 Å². The summed E-state index contributed by atoms with van der Waals surface area (Å²) in [6, 6.07) is 9.57. The zero-order chi connectivity index (χ0) is 15.7. The number of carbonyl (C=O) groups excluding carboxylic acids is 1. The van der Waals surface area contributed by atoms with Crippen LogP contribution in [0.15, 0.2) is 47.5 Å². The van der Waals surface area contributed by atoms with Crippen molar-refractivity contribution in [3.05, 3.63) is 68.7 Å². The molecule has 0 atom stereocenters. The van der Waals surface area contributed by atoms with Crippen LogP contribution in [-0.2, 0) is 0 Å². The number of halogens is 2. The zero-order valence-electron chi connectivity index (χ0n) is 11.1. The average molecular weight is 334 g/mol. The molecule has 0 saturated heterocycles. The van der Waals surface area contributed by atoms with Gasteiger partial charge in [0, 0.05) is 5.02 Å². The standard InChI is InChI=1S/C15H9Cl2N3O2/c16-8-4-5-11(17)10(6-8)15(22)20-12-3-1-2-9-13(12)18-7-19-14(9)21/h1-7H,(H,20,22)(H,18,19,21). The lowest BCUT2D eigenvalue weighted by Gasteiger charge is -2.09. The first-order valence-electron chi connectivity index (χ1n) is 6.29. The molecule has 1 heterocycles. The summed E-state index contributed by atoms with van der Waals surface area (Å²) in [6.07, 6.45) is 1.28. The number of para-hydroxylation sites is 1. The quantitative estimate of drug-likeness (QED) is 0.753. The van der Waals surface area contributed by atoms with E-state index in [1.165, 1.54) is 12.4 Å². The van der Waals surface area contributed by atoms with Gasteiger partial charge in [0.1, 0.15) is 5.52 Å². The van der Waals surface area contributed by atoms with E-state index in [2.05, 4.69) is 15.3 Å². The van der Waals surface area contributed by atoms with Gasteiger partial charge in [0.25, 0.3) is 11.5 Å². The van der Waals surface area contributed by atoms with E-state index in [1.807, 2.05) is 0 Å². The fourth-order valence-electron chi connectivity index (χ4n) is 2.06. The van der Waals surface area contributed by atoms with Crippen LogP contribution in [0.5, 0.6) is 0 Å². The number of aromatic amines is 1. The molecule has 1 aromatic heterocycles. The third-order valence-corrected chi connectivity index (χ3v) is 3.66. The van der Waals surface area contributed by atoms with Crippen LogP contribution < -0.4 is 10.9 Å². The van der Waals surface area contributed by atoms with Gasteiger partial charge in [0.05, 0.1) is 28.0 Å². The summed E-state index contributed by atoms with van der Waals surface area (Å²) in [7, 11) is 0. The number of aromatic nitrogens is 2. The zero-order valence-corrected chi connectivity index (χ0v) is 12.6. The third kappa shape index (κ3) is 2.68. The topological polar surface area (TPSA) is 74.8 Å². The Morgan fingerprint density at radius 1 is 1.18 bits per heavy atom. The van der Waals surface area contributed by atoms with Crippen LogP contribution in [0.1, 0.15) is 10.4 Å². The lowest BCUT2D eigenvalue weighted by molar-refractivity contribution is 0.102. The molecule has 0 aliphatic rings. The first kappa shape index (κ1) is 14.6. The van der Waals surface area contributed by atoms with Gasteiger partial charge in [0.15, 0.2) is 0 Å². The van der Waals surface area contributed by atoms with Gasteiger partial charge in [-0.25, -0.2) is 4.98 Å². The number of amides is 1. The van der Waals surface area contributed by atoms with Gasteiger partial charge in [0.2, 0.25) is 0 Å². The number of fused-ring (bicyclic) bond motifs is 1. The van der Waals surface area contributed by atoms with E-state index in [1.54, 1.807) is 30.3 Å². The van der Waals surface area contributed by atoms with Crippen molar-refractivity contribution in [2.24, 2.45) is 0 Å². The molecule has 7 heteroatoms. The van der Waals surface area contributed by atoms with Crippen molar-refractivity contribution in [3.63, 3.8) is 0 Å². The molecule has 22 heavy (non-hydrogen) atoms. The van der Waals surface area contributed by atoms with E-state index in [4.69, 9.17) is 23.2 Å². The normalized spacial score (nSPS) is 10.6. The SMILES string of the molecule is O=C(Nc1cccc2c(=O)[nH]cnc12)c1cc(Cl)ccc1Cl. The van der Waals surface area contributed by atoms with E-state index in [0.717, 1.165) is 0 Å². The number of nitrogens with one attached hydrogen (secondary N) is 2. The maximum atomic E-state index is 12.3. The summed E-state index contributed by atoms with van der Waals surface area (Å²) in [4.78, 5) is 30.7. The third-order valence-electron chi connectivity index (χ3n) is 3.09. The number of rotatable bonds is 2. The van der Waals surface area contributed by atoms with Gasteiger partial charge < -0.3 is 10.3 Å². The lowest BCUT2D eigenvalue weighted by Crippen LogP contribution is -2.14. The molecule has 0 bridgehead atoms. The summed E-state index contributed by atoms with van der Waals surface area (Å²) in [6.45, 7) is 0. The molecule has 0 radical (unpaired) electrons. The molecule has 0 aliphatic carbocycles. The predicted molar refractivity (Wildman–Crippen MR) is 86.8 cm³/mol. The average Bonchev–Trinajstić information content (AvgIpc) is 2.50. The second-order valence-corrected chi connectivity index (χ2v) is 5.36. The summed E-state index contributed by atoms with van der Waals surface area (Å²) >= 11 is 11.9. The van der Waals surface area contributed by atoms with Gasteiger partial charge in [-0.1, -0.05) is 29.3 Å². The van der Waals surface area contributed by atoms with Gasteiger partial charge in [-0.15, -0.1) is 0 Å². The molecule has 2 aromatic carbocycles. The van der Waals surface area contributed by atoms with E-state index in [9.17, 15) is 9.59 Å². The van der Waals surface area contributed by atoms with Crippen LogP contribution in [0.3, 0.4) is 0 Å². The predicted octanol–water partition coefficient (Wildman–Crippen LogP) is 3.48. The second kappa shape index (κ2) is 5.79. The Bertz CT molecular complexity index is 937. The Morgan fingerprint density at radius 3 is 2.82 bits per heavy atom. The molecule has 0 spiro atoms. The summed E-state index contributed by atoms with van der Waals surface area (Å²) in [5.74, 6) is -0.429. The Morgan fingerprint density at radius 2 is 2.00 bits per heavy atom. The highest BCUT2D eigenvalue weighted by atomic mass is 35.5. The largest absolute Gasteiger partial charge is 0.320 e. The minimum Gasteiger partial charge on any atom is -0.320 e. The Balaban J connectivity index is 2.03. The van der Waals surface area contributed by atoms with Crippen LogP contribution in [0.25, 0.3) is 10.9 Å². The summed E-state index contributed by atoms with van der Waals surface area (Å²) < 4.78 is 0. The molecule has 2 N–H and O–H groups in total. The minimum atomic E-state index is -0.429. The smallest absolute Gasteiger partial charge is 0.258 e. The summed E-state index contributed by atoms with van der Waals surface area (Å²) in [5.41, 5.74) is 0.792. The van der Waals surface area contributed by atoms with E-state index < -0.39 is 5.91 Å². The number of nitrogens with zero attached hydrogens (tertiary/aromatic N) is 1. The molecule has 0 saturated carbocycles. The summed E-state index contributed by atoms with van der Waals surface area (Å²) in [5, 5.41) is 3.78. The van der Waals surface area contributed by atoms with E-state index in [0.29, 0.717) is 21.6 Å². The lowest BCUT2D eigenvalue weighted by atomic mass is 10.2. The van der Waals surface area contributed by atoms with Gasteiger partial charge >= 0.3 is 0 Å². The maximum Gasteiger partial charge on any atom is 0.258 e. The molecule has 3 aromatic rings. The Hall–Kier alpha value is -2.37. The minimum absolute atomic E-state index is 0.246. The highest BCUT2D eigenvalue weighted by Gasteiger charge is 2.13. The van der Waals surface area contributed by atoms with Crippen LogP contribution >= 0.6 is 23.2 Å². The number of hydrogen-bond donors (Lipinski definition) is 2. The van der Waals surface area contributed by atoms with Crippen LogP contribution in [0.2, 0.25) is 10.0 Å². The fourth-order valence-corrected chi connectivity index (χ4v) is 2.44. The van der Waals surface area contributed by atoms with Crippen molar-refractivity contribution in [3.8, 4) is 0 Å². The first-order chi connectivity index (χ1) is 10.6. The Labute approximate surface area is 134 Å². The van der Waals surface area contributed by atoms with E-state index >= 15 is 0 Å². The first-order valence-corrected chi connectivity index (χ1v) is 7.04. The molecular formula is C15H9Cl2N3O2. The second-order valence-electron chi connectivity index (χ2n) is 4.51. The van der Waals surface area contributed by atoms with Crippen molar-refractivity contribution in [2.75, 3.05) is 5.32 Å². The van der Waals surface area contributed by atoms with Crippen LogP contribution in [0, 0.1) is 0 Å². The highest BCUT2D eigenvalue weighted by molar-refractivity contribution is 6.36. The number of anilines is 1. The monoisotopic (exact) mass is 333 g/mol. The number of benzene rings is 2. The van der Waals surface area contributed by atoms with Gasteiger partial charge in [-0.05, 0) is 30.3 Å². The van der Waals surface area contributed by atoms with Crippen molar-refractivity contribution in [1.29, 1.82) is 0 Å². The van der Waals surface area contributed by atoms with Gasteiger partial charge in [-0.2, -0.15) is 0 Å². The van der Waals surface area contributed by atoms with Crippen molar-refractivity contribution >= 4 is 45.7 Å². The fraction of sp³-hybridized carbons (Fsp3) is 0. The van der Waals surface area contributed by atoms with Crippen LogP contribution in [-0.4, -0.2) is 15.9 Å². The van der Waals surface area contributed by atoms with Crippen LogP contribution in [0.4, 0.5) is 5.69 Å². The van der Waals surface area contributed by atoms with Crippen molar-refractivity contribution in [2.45, 2.75) is 0 Å². The Kier molecular flexibility index (Phi) is 3.83. The molecule has 0 fully saturated rings.